The lowest BCUT2D eigenvalue weighted by Gasteiger charge is -2.05. The van der Waals surface area contributed by atoms with E-state index in [0.717, 1.165) is 14.5 Å². The molecule has 78 valence electrons. The van der Waals surface area contributed by atoms with Gasteiger partial charge in [0.15, 0.2) is 0 Å². The number of nitrogens with one attached hydrogen (secondary N) is 1. The molecule has 0 amide bonds. The summed E-state index contributed by atoms with van der Waals surface area (Å²) in [7, 11) is 1.93. The fraction of sp³-hybridized carbons (Fsp3) is 0.182. The maximum atomic E-state index is 4.33. The number of aryl methyl sites for hydroxylation is 1. The molecule has 2 nitrogen and oxygen atoms in total. The molecule has 1 aromatic heterocycles. The summed E-state index contributed by atoms with van der Waals surface area (Å²) in [4.78, 5) is 4.33. The minimum atomic E-state index is 1.05. The summed E-state index contributed by atoms with van der Waals surface area (Å²) in [5.41, 5.74) is 3.57. The first-order valence-electron chi connectivity index (χ1n) is 4.61. The highest BCUT2D eigenvalue weighted by Gasteiger charge is 2.04. The highest BCUT2D eigenvalue weighted by atomic mass is 79.9. The van der Waals surface area contributed by atoms with Gasteiger partial charge in [-0.1, -0.05) is 0 Å². The normalized spacial score (nSPS) is 10.3. The van der Waals surface area contributed by atoms with Crippen LogP contribution in [0.25, 0.3) is 10.6 Å². The van der Waals surface area contributed by atoms with Gasteiger partial charge in [-0.25, -0.2) is 4.98 Å². The van der Waals surface area contributed by atoms with Crippen molar-refractivity contribution >= 4 is 33.0 Å². The van der Waals surface area contributed by atoms with E-state index in [2.05, 4.69) is 51.4 Å². The SMILES string of the molecule is CNc1ccc(-c2ncc(Br)s2)cc1C. The molecule has 0 aliphatic carbocycles. The fourth-order valence-electron chi connectivity index (χ4n) is 1.47. The van der Waals surface area contributed by atoms with Crippen molar-refractivity contribution < 1.29 is 0 Å². The topological polar surface area (TPSA) is 24.9 Å². The van der Waals surface area contributed by atoms with Crippen LogP contribution in [0.1, 0.15) is 5.56 Å². The summed E-state index contributed by atoms with van der Waals surface area (Å²) in [6, 6.07) is 6.32. The van der Waals surface area contributed by atoms with Crippen LogP contribution in [0.5, 0.6) is 0 Å². The molecule has 15 heavy (non-hydrogen) atoms. The standard InChI is InChI=1S/C11H11BrN2S/c1-7-5-8(3-4-9(7)13-2)11-14-6-10(12)15-11/h3-6,13H,1-2H3. The van der Waals surface area contributed by atoms with Gasteiger partial charge in [0.05, 0.1) is 9.98 Å². The molecule has 0 radical (unpaired) electrons. The largest absolute Gasteiger partial charge is 0.388 e. The van der Waals surface area contributed by atoms with Gasteiger partial charge < -0.3 is 5.32 Å². The zero-order chi connectivity index (χ0) is 10.8. The minimum Gasteiger partial charge on any atom is -0.388 e. The van der Waals surface area contributed by atoms with E-state index >= 15 is 0 Å². The molecular formula is C11H11BrN2S. The average Bonchev–Trinajstić information content (AvgIpc) is 2.65. The second-order valence-corrected chi connectivity index (χ2v) is 5.66. The Bertz CT molecular complexity index is 479. The van der Waals surface area contributed by atoms with Gasteiger partial charge in [0.25, 0.3) is 0 Å². The number of thiazole rings is 1. The van der Waals surface area contributed by atoms with Gasteiger partial charge >= 0.3 is 0 Å². The molecule has 0 saturated carbocycles. The van der Waals surface area contributed by atoms with Crippen LogP contribution >= 0.6 is 27.3 Å². The summed E-state index contributed by atoms with van der Waals surface area (Å²) < 4.78 is 1.06. The van der Waals surface area contributed by atoms with E-state index in [0.29, 0.717) is 0 Å². The Labute approximate surface area is 101 Å². The predicted molar refractivity (Wildman–Crippen MR) is 69.5 cm³/mol. The number of aromatic nitrogens is 1. The Morgan fingerprint density at radius 3 is 2.73 bits per heavy atom. The number of nitrogens with zero attached hydrogens (tertiary/aromatic N) is 1. The van der Waals surface area contributed by atoms with Crippen LogP contribution in [-0.4, -0.2) is 12.0 Å². The number of hydrogen-bond acceptors (Lipinski definition) is 3. The van der Waals surface area contributed by atoms with Crippen molar-refractivity contribution in [3.05, 3.63) is 33.7 Å². The van der Waals surface area contributed by atoms with Gasteiger partial charge in [-0.2, -0.15) is 0 Å². The van der Waals surface area contributed by atoms with Crippen molar-refractivity contribution in [3.8, 4) is 10.6 Å². The van der Waals surface area contributed by atoms with E-state index in [4.69, 9.17) is 0 Å². The second kappa shape index (κ2) is 4.33. The van der Waals surface area contributed by atoms with Crippen LogP contribution in [0.2, 0.25) is 0 Å². The lowest BCUT2D eigenvalue weighted by molar-refractivity contribution is 1.37. The molecule has 4 heteroatoms. The van der Waals surface area contributed by atoms with E-state index < -0.39 is 0 Å². The molecule has 1 heterocycles. The van der Waals surface area contributed by atoms with E-state index in [-0.39, 0.29) is 0 Å². The van der Waals surface area contributed by atoms with Gasteiger partial charge in [-0.3, -0.25) is 0 Å². The molecule has 1 aromatic carbocycles. The molecule has 0 aliphatic rings. The summed E-state index contributed by atoms with van der Waals surface area (Å²) in [6.45, 7) is 2.10. The number of halogens is 1. The van der Waals surface area contributed by atoms with E-state index in [9.17, 15) is 0 Å². The monoisotopic (exact) mass is 282 g/mol. The highest BCUT2D eigenvalue weighted by molar-refractivity contribution is 9.11. The van der Waals surface area contributed by atoms with E-state index in [1.165, 1.54) is 11.1 Å². The van der Waals surface area contributed by atoms with Gasteiger partial charge in [0.1, 0.15) is 5.01 Å². The van der Waals surface area contributed by atoms with Crippen molar-refractivity contribution in [1.82, 2.24) is 4.98 Å². The van der Waals surface area contributed by atoms with Crippen LogP contribution in [0.3, 0.4) is 0 Å². The number of anilines is 1. The first-order valence-corrected chi connectivity index (χ1v) is 6.22. The molecule has 2 aromatic rings. The first-order chi connectivity index (χ1) is 7.20. The zero-order valence-electron chi connectivity index (χ0n) is 8.54. The zero-order valence-corrected chi connectivity index (χ0v) is 10.9. The second-order valence-electron chi connectivity index (χ2n) is 3.25. The van der Waals surface area contributed by atoms with Crippen LogP contribution in [0, 0.1) is 6.92 Å². The van der Waals surface area contributed by atoms with E-state index in [1.54, 1.807) is 11.3 Å². The Morgan fingerprint density at radius 1 is 1.40 bits per heavy atom. The van der Waals surface area contributed by atoms with Crippen molar-refractivity contribution in [2.45, 2.75) is 6.92 Å². The molecule has 0 saturated heterocycles. The quantitative estimate of drug-likeness (QED) is 0.903. The number of hydrogen-bond donors (Lipinski definition) is 1. The molecular weight excluding hydrogens is 272 g/mol. The lowest BCUT2D eigenvalue weighted by Crippen LogP contribution is -1.91. The van der Waals surface area contributed by atoms with Gasteiger partial charge in [-0.05, 0) is 46.6 Å². The van der Waals surface area contributed by atoms with Gasteiger partial charge in [-0.15, -0.1) is 11.3 Å². The Hall–Kier alpha value is -0.870. The Kier molecular flexibility index (Phi) is 3.07. The average molecular weight is 283 g/mol. The third-order valence-corrected chi connectivity index (χ3v) is 3.75. The summed E-state index contributed by atoms with van der Waals surface area (Å²) in [5, 5.41) is 4.20. The Balaban J connectivity index is 2.42. The predicted octanol–water partition coefficient (Wildman–Crippen LogP) is 3.92. The van der Waals surface area contributed by atoms with Crippen molar-refractivity contribution in [3.63, 3.8) is 0 Å². The number of benzene rings is 1. The van der Waals surface area contributed by atoms with Gasteiger partial charge in [0, 0.05) is 18.3 Å². The summed E-state index contributed by atoms with van der Waals surface area (Å²) >= 11 is 5.07. The van der Waals surface area contributed by atoms with Crippen LogP contribution in [0.15, 0.2) is 28.2 Å². The van der Waals surface area contributed by atoms with Crippen molar-refractivity contribution in [1.29, 1.82) is 0 Å². The third kappa shape index (κ3) is 2.21. The summed E-state index contributed by atoms with van der Waals surface area (Å²) in [6.07, 6.45) is 1.83. The Morgan fingerprint density at radius 2 is 2.20 bits per heavy atom. The molecule has 1 N–H and O–H groups in total. The smallest absolute Gasteiger partial charge is 0.124 e. The molecule has 0 fully saturated rings. The lowest BCUT2D eigenvalue weighted by atomic mass is 10.1. The maximum Gasteiger partial charge on any atom is 0.124 e. The van der Waals surface area contributed by atoms with Crippen molar-refractivity contribution in [2.24, 2.45) is 0 Å². The first kappa shape index (κ1) is 10.6. The molecule has 0 aliphatic heterocycles. The van der Waals surface area contributed by atoms with E-state index in [1.807, 2.05) is 13.2 Å². The van der Waals surface area contributed by atoms with Gasteiger partial charge in [0.2, 0.25) is 0 Å². The fourth-order valence-corrected chi connectivity index (χ4v) is 2.67. The highest BCUT2D eigenvalue weighted by Crippen LogP contribution is 2.30. The summed E-state index contributed by atoms with van der Waals surface area (Å²) in [5.74, 6) is 0. The number of rotatable bonds is 2. The molecule has 2 rings (SSSR count). The molecule has 0 bridgehead atoms. The van der Waals surface area contributed by atoms with Crippen LogP contribution in [-0.2, 0) is 0 Å². The van der Waals surface area contributed by atoms with Crippen LogP contribution in [0.4, 0.5) is 5.69 Å². The molecule has 0 unspecified atom stereocenters. The van der Waals surface area contributed by atoms with Crippen molar-refractivity contribution in [2.75, 3.05) is 12.4 Å². The molecule has 0 spiro atoms. The third-order valence-electron chi connectivity index (χ3n) is 2.22. The van der Waals surface area contributed by atoms with Crippen LogP contribution < -0.4 is 5.32 Å². The minimum absolute atomic E-state index is 1.05. The molecule has 0 atom stereocenters. The maximum absolute atomic E-state index is 4.33.